The molecule has 0 saturated heterocycles. The molecule has 0 aromatic heterocycles. The standard InChI is InChI=1S/C15H24N2O3/c1-12-7-8-14(13(11-12)17(18)19)20-10-6-5-9-16-15(2,3)4/h7-8,11,16H,5-6,9-10H2,1-4H3. The molecule has 112 valence electrons. The highest BCUT2D eigenvalue weighted by Crippen LogP contribution is 2.27. The van der Waals surface area contributed by atoms with Gasteiger partial charge in [0.05, 0.1) is 11.5 Å². The molecule has 0 radical (unpaired) electrons. The average molecular weight is 280 g/mol. The molecular weight excluding hydrogens is 256 g/mol. The third-order valence-corrected chi connectivity index (χ3v) is 2.80. The lowest BCUT2D eigenvalue weighted by Crippen LogP contribution is -2.36. The van der Waals surface area contributed by atoms with Crippen molar-refractivity contribution >= 4 is 5.69 Å². The summed E-state index contributed by atoms with van der Waals surface area (Å²) in [6, 6.07) is 5.03. The van der Waals surface area contributed by atoms with Crippen molar-refractivity contribution in [2.75, 3.05) is 13.2 Å². The van der Waals surface area contributed by atoms with Gasteiger partial charge in [-0.25, -0.2) is 0 Å². The highest BCUT2D eigenvalue weighted by molar-refractivity contribution is 5.48. The van der Waals surface area contributed by atoms with E-state index < -0.39 is 4.92 Å². The maximum Gasteiger partial charge on any atom is 0.311 e. The Bertz CT molecular complexity index is 453. The Labute approximate surface area is 120 Å². The maximum atomic E-state index is 10.9. The van der Waals surface area contributed by atoms with Gasteiger partial charge in [0.1, 0.15) is 0 Å². The molecule has 0 aliphatic carbocycles. The number of nitro groups is 1. The second-order valence-electron chi connectivity index (χ2n) is 5.96. The lowest BCUT2D eigenvalue weighted by atomic mass is 10.1. The highest BCUT2D eigenvalue weighted by atomic mass is 16.6. The summed E-state index contributed by atoms with van der Waals surface area (Å²) in [6.07, 6.45) is 1.85. The third-order valence-electron chi connectivity index (χ3n) is 2.80. The molecule has 1 aromatic rings. The van der Waals surface area contributed by atoms with E-state index in [-0.39, 0.29) is 11.2 Å². The molecule has 20 heavy (non-hydrogen) atoms. The van der Waals surface area contributed by atoms with Crippen LogP contribution >= 0.6 is 0 Å². The van der Waals surface area contributed by atoms with Gasteiger partial charge in [-0.3, -0.25) is 10.1 Å². The Morgan fingerprint density at radius 1 is 1.30 bits per heavy atom. The first-order chi connectivity index (χ1) is 9.29. The van der Waals surface area contributed by atoms with Crippen LogP contribution in [-0.4, -0.2) is 23.6 Å². The molecule has 0 atom stereocenters. The van der Waals surface area contributed by atoms with E-state index >= 15 is 0 Å². The van der Waals surface area contributed by atoms with Crippen LogP contribution in [0.2, 0.25) is 0 Å². The number of aryl methyl sites for hydroxylation is 1. The third kappa shape index (κ3) is 6.02. The van der Waals surface area contributed by atoms with Gasteiger partial charge in [-0.15, -0.1) is 0 Å². The lowest BCUT2D eigenvalue weighted by Gasteiger charge is -2.20. The molecule has 0 amide bonds. The van der Waals surface area contributed by atoms with E-state index in [9.17, 15) is 10.1 Å². The summed E-state index contributed by atoms with van der Waals surface area (Å²) in [5.41, 5.74) is 1.02. The number of nitrogens with zero attached hydrogens (tertiary/aromatic N) is 1. The Morgan fingerprint density at radius 3 is 2.60 bits per heavy atom. The van der Waals surface area contributed by atoms with Crippen LogP contribution in [0.3, 0.4) is 0 Å². The molecule has 0 heterocycles. The molecule has 1 N–H and O–H groups in total. The number of hydrogen-bond donors (Lipinski definition) is 1. The van der Waals surface area contributed by atoms with Crippen LogP contribution in [0.25, 0.3) is 0 Å². The topological polar surface area (TPSA) is 64.4 Å². The summed E-state index contributed by atoms with van der Waals surface area (Å²) in [7, 11) is 0. The number of nitro benzene ring substituents is 1. The molecule has 0 aliphatic heterocycles. The van der Waals surface area contributed by atoms with Crippen molar-refractivity contribution in [2.24, 2.45) is 0 Å². The predicted molar refractivity (Wildman–Crippen MR) is 80.3 cm³/mol. The minimum atomic E-state index is -0.399. The zero-order valence-corrected chi connectivity index (χ0v) is 12.7. The van der Waals surface area contributed by atoms with Crippen LogP contribution in [0, 0.1) is 17.0 Å². The van der Waals surface area contributed by atoms with E-state index in [1.54, 1.807) is 6.07 Å². The Balaban J connectivity index is 2.37. The van der Waals surface area contributed by atoms with Gasteiger partial charge in [0.2, 0.25) is 0 Å². The number of nitrogens with one attached hydrogen (secondary N) is 1. The van der Waals surface area contributed by atoms with E-state index in [4.69, 9.17) is 4.74 Å². The SMILES string of the molecule is Cc1ccc(OCCCCNC(C)(C)C)c([N+](=O)[O-])c1. The molecule has 1 aromatic carbocycles. The Kier molecular flexibility index (Phi) is 5.95. The zero-order valence-electron chi connectivity index (χ0n) is 12.7. The summed E-state index contributed by atoms with van der Waals surface area (Å²) < 4.78 is 5.52. The number of rotatable bonds is 7. The molecular formula is C15H24N2O3. The second-order valence-corrected chi connectivity index (χ2v) is 5.96. The number of benzene rings is 1. The largest absolute Gasteiger partial charge is 0.487 e. The normalized spacial score (nSPS) is 11.4. The minimum absolute atomic E-state index is 0.0396. The highest BCUT2D eigenvalue weighted by Gasteiger charge is 2.14. The molecule has 0 spiro atoms. The lowest BCUT2D eigenvalue weighted by molar-refractivity contribution is -0.385. The van der Waals surface area contributed by atoms with E-state index in [0.717, 1.165) is 24.9 Å². The molecule has 0 fully saturated rings. The predicted octanol–water partition coefficient (Wildman–Crippen LogP) is 3.45. The van der Waals surface area contributed by atoms with Crippen LogP contribution in [0.1, 0.15) is 39.2 Å². The van der Waals surface area contributed by atoms with Crippen LogP contribution in [0.5, 0.6) is 5.75 Å². The van der Waals surface area contributed by atoms with Gasteiger partial charge in [-0.1, -0.05) is 6.07 Å². The Hall–Kier alpha value is -1.62. The first kappa shape index (κ1) is 16.4. The maximum absolute atomic E-state index is 10.9. The van der Waals surface area contributed by atoms with Crippen molar-refractivity contribution in [3.63, 3.8) is 0 Å². The fourth-order valence-corrected chi connectivity index (χ4v) is 1.76. The summed E-state index contributed by atoms with van der Waals surface area (Å²) in [5, 5.41) is 14.3. The number of ether oxygens (including phenoxy) is 1. The van der Waals surface area contributed by atoms with E-state index in [1.807, 2.05) is 13.0 Å². The smallest absolute Gasteiger partial charge is 0.311 e. The van der Waals surface area contributed by atoms with Crippen molar-refractivity contribution in [3.05, 3.63) is 33.9 Å². The number of hydrogen-bond acceptors (Lipinski definition) is 4. The monoisotopic (exact) mass is 280 g/mol. The first-order valence-corrected chi connectivity index (χ1v) is 6.92. The quantitative estimate of drug-likeness (QED) is 0.472. The van der Waals surface area contributed by atoms with Crippen LogP contribution in [0.4, 0.5) is 5.69 Å². The van der Waals surface area contributed by atoms with E-state index in [2.05, 4.69) is 26.1 Å². The van der Waals surface area contributed by atoms with Gasteiger partial charge < -0.3 is 10.1 Å². The zero-order chi connectivity index (χ0) is 15.2. The van der Waals surface area contributed by atoms with Gasteiger partial charge >= 0.3 is 5.69 Å². The van der Waals surface area contributed by atoms with Crippen LogP contribution < -0.4 is 10.1 Å². The first-order valence-electron chi connectivity index (χ1n) is 6.92. The summed E-state index contributed by atoms with van der Waals surface area (Å²) in [4.78, 5) is 10.5. The molecule has 5 heteroatoms. The van der Waals surface area contributed by atoms with Gasteiger partial charge in [0, 0.05) is 11.6 Å². The van der Waals surface area contributed by atoms with Crippen molar-refractivity contribution < 1.29 is 9.66 Å². The van der Waals surface area contributed by atoms with Gasteiger partial charge in [0.15, 0.2) is 5.75 Å². The fourth-order valence-electron chi connectivity index (χ4n) is 1.76. The van der Waals surface area contributed by atoms with E-state index in [1.165, 1.54) is 6.07 Å². The van der Waals surface area contributed by atoms with E-state index in [0.29, 0.717) is 12.4 Å². The summed E-state index contributed by atoms with van der Waals surface area (Å²) >= 11 is 0. The molecule has 0 aliphatic rings. The van der Waals surface area contributed by atoms with Crippen LogP contribution in [0.15, 0.2) is 18.2 Å². The average Bonchev–Trinajstić information content (AvgIpc) is 2.33. The number of unbranched alkanes of at least 4 members (excludes halogenated alkanes) is 1. The summed E-state index contributed by atoms with van der Waals surface area (Å²) in [6.45, 7) is 9.62. The second kappa shape index (κ2) is 7.24. The van der Waals surface area contributed by atoms with Crippen LogP contribution in [-0.2, 0) is 0 Å². The molecule has 1 rings (SSSR count). The molecule has 5 nitrogen and oxygen atoms in total. The summed E-state index contributed by atoms with van der Waals surface area (Å²) in [5.74, 6) is 0.351. The molecule has 0 saturated carbocycles. The minimum Gasteiger partial charge on any atom is -0.487 e. The van der Waals surface area contributed by atoms with Crippen molar-refractivity contribution in [2.45, 2.75) is 46.1 Å². The molecule has 0 bridgehead atoms. The van der Waals surface area contributed by atoms with Gasteiger partial charge in [-0.05, 0) is 58.7 Å². The fraction of sp³-hybridized carbons (Fsp3) is 0.600. The van der Waals surface area contributed by atoms with Gasteiger partial charge in [-0.2, -0.15) is 0 Å². The van der Waals surface area contributed by atoms with Gasteiger partial charge in [0.25, 0.3) is 0 Å². The van der Waals surface area contributed by atoms with Crippen molar-refractivity contribution in [1.29, 1.82) is 0 Å². The Morgan fingerprint density at radius 2 is 2.00 bits per heavy atom. The van der Waals surface area contributed by atoms with Crippen molar-refractivity contribution in [1.82, 2.24) is 5.32 Å². The molecule has 0 unspecified atom stereocenters. The van der Waals surface area contributed by atoms with Crippen molar-refractivity contribution in [3.8, 4) is 5.75 Å².